The van der Waals surface area contributed by atoms with Crippen LogP contribution in [0.5, 0.6) is 0 Å². The first-order chi connectivity index (χ1) is 23.7. The Morgan fingerprint density at radius 3 is 1.98 bits per heavy atom. The second kappa shape index (κ2) is 10.3. The molecule has 48 heavy (non-hydrogen) atoms. The van der Waals surface area contributed by atoms with E-state index in [1.54, 1.807) is 0 Å². The van der Waals surface area contributed by atoms with Gasteiger partial charge in [0.2, 0.25) is 0 Å². The van der Waals surface area contributed by atoms with E-state index in [2.05, 4.69) is 174 Å². The zero-order valence-corrected chi connectivity index (χ0v) is 27.0. The Morgan fingerprint density at radius 1 is 0.521 bits per heavy atom. The molecular weight excluding hydrogens is 581 g/mol. The molecule has 0 amide bonds. The van der Waals surface area contributed by atoms with E-state index < -0.39 is 0 Å². The van der Waals surface area contributed by atoms with Crippen LogP contribution >= 0.6 is 0 Å². The Morgan fingerprint density at radius 2 is 1.19 bits per heavy atom. The second-order valence-electron chi connectivity index (χ2n) is 13.2. The van der Waals surface area contributed by atoms with E-state index in [0.717, 1.165) is 24.3 Å². The SMILES string of the molecule is Cc1cc(-c2c(Nc3ccccc3C)ccc3c4ccccc4n(-c4ccccc4)c23)c2c(c1)-n1c3ccccc3c3cccc(c31)B2. The Bertz CT molecular complexity index is 2750. The fourth-order valence-corrected chi connectivity index (χ4v) is 8.22. The van der Waals surface area contributed by atoms with Crippen LogP contribution in [0.2, 0.25) is 0 Å². The lowest BCUT2D eigenvalue weighted by Gasteiger charge is -2.26. The molecule has 2 aromatic heterocycles. The van der Waals surface area contributed by atoms with Gasteiger partial charge in [0.1, 0.15) is 0 Å². The minimum atomic E-state index is 0.865. The fourth-order valence-electron chi connectivity index (χ4n) is 8.22. The van der Waals surface area contributed by atoms with Gasteiger partial charge in [0.05, 0.1) is 16.6 Å². The van der Waals surface area contributed by atoms with Gasteiger partial charge in [0.25, 0.3) is 0 Å². The monoisotopic (exact) mass is 613 g/mol. The predicted octanol–water partition coefficient (Wildman–Crippen LogP) is 9.61. The van der Waals surface area contributed by atoms with Gasteiger partial charge in [-0.15, -0.1) is 0 Å². The molecule has 9 aromatic rings. The highest BCUT2D eigenvalue weighted by Gasteiger charge is 2.28. The molecule has 0 bridgehead atoms. The molecule has 1 N–H and O–H groups in total. The Hall–Kier alpha value is -6.00. The molecule has 7 aromatic carbocycles. The average molecular weight is 614 g/mol. The summed E-state index contributed by atoms with van der Waals surface area (Å²) in [4.78, 5) is 0. The Kier molecular flexibility index (Phi) is 5.80. The maximum absolute atomic E-state index is 3.92. The van der Waals surface area contributed by atoms with Crippen molar-refractivity contribution in [2.24, 2.45) is 0 Å². The maximum atomic E-state index is 3.92. The minimum Gasteiger partial charge on any atom is -0.355 e. The standard InChI is InChI=1S/C44H32BN3/c1-27-25-34(42-40(26-27)48-39-22-11-8-16-30(39)32-18-12-19-35(45-42)43(32)48)41-37(46-36-20-9-6-13-28(36)2)24-23-33-31-17-7-10-21-38(31)47(44(33)41)29-14-4-3-5-15-29/h3-26,45-46H,1-2H3. The predicted molar refractivity (Wildman–Crippen MR) is 206 cm³/mol. The lowest BCUT2D eigenvalue weighted by molar-refractivity contribution is 1.17. The smallest absolute Gasteiger partial charge is 0.198 e. The van der Waals surface area contributed by atoms with Crippen molar-refractivity contribution in [3.05, 3.63) is 157 Å². The zero-order valence-electron chi connectivity index (χ0n) is 27.0. The summed E-state index contributed by atoms with van der Waals surface area (Å²) in [5.41, 5.74) is 17.3. The highest BCUT2D eigenvalue weighted by molar-refractivity contribution is 6.73. The zero-order chi connectivity index (χ0) is 31.9. The molecule has 0 saturated heterocycles. The van der Waals surface area contributed by atoms with Gasteiger partial charge in [-0.2, -0.15) is 0 Å². The number of hydrogen-bond donors (Lipinski definition) is 1. The number of fused-ring (bicyclic) bond motifs is 8. The number of para-hydroxylation sites is 5. The van der Waals surface area contributed by atoms with Crippen molar-refractivity contribution < 1.29 is 0 Å². The molecule has 3 nitrogen and oxygen atoms in total. The first-order valence-corrected chi connectivity index (χ1v) is 16.8. The van der Waals surface area contributed by atoms with Crippen LogP contribution in [0, 0.1) is 13.8 Å². The Labute approximate surface area is 279 Å². The molecule has 0 fully saturated rings. The molecule has 0 atom stereocenters. The van der Waals surface area contributed by atoms with E-state index >= 15 is 0 Å². The van der Waals surface area contributed by atoms with Gasteiger partial charge in [-0.3, -0.25) is 0 Å². The summed E-state index contributed by atoms with van der Waals surface area (Å²) >= 11 is 0. The van der Waals surface area contributed by atoms with Crippen LogP contribution in [0.15, 0.2) is 146 Å². The third-order valence-corrected chi connectivity index (χ3v) is 10.3. The van der Waals surface area contributed by atoms with E-state index in [1.165, 1.54) is 82.5 Å². The van der Waals surface area contributed by atoms with Crippen LogP contribution in [0.1, 0.15) is 11.1 Å². The van der Waals surface area contributed by atoms with E-state index in [0.29, 0.717) is 0 Å². The third-order valence-electron chi connectivity index (χ3n) is 10.3. The molecule has 0 spiro atoms. The summed E-state index contributed by atoms with van der Waals surface area (Å²) < 4.78 is 4.99. The van der Waals surface area contributed by atoms with Gasteiger partial charge in [0.15, 0.2) is 7.28 Å². The number of benzene rings is 7. The molecular formula is C44H32BN3. The van der Waals surface area contributed by atoms with E-state index in [-0.39, 0.29) is 0 Å². The highest BCUT2D eigenvalue weighted by Crippen LogP contribution is 2.44. The summed E-state index contributed by atoms with van der Waals surface area (Å²) in [6.45, 7) is 4.42. The van der Waals surface area contributed by atoms with Crippen molar-refractivity contribution >= 4 is 73.2 Å². The van der Waals surface area contributed by atoms with Crippen molar-refractivity contribution in [1.29, 1.82) is 0 Å². The lowest BCUT2D eigenvalue weighted by atomic mass is 9.59. The number of nitrogens with one attached hydrogen (secondary N) is 1. The largest absolute Gasteiger partial charge is 0.355 e. The van der Waals surface area contributed by atoms with Crippen LogP contribution < -0.4 is 16.2 Å². The van der Waals surface area contributed by atoms with Crippen LogP contribution in [0.25, 0.3) is 66.1 Å². The second-order valence-corrected chi connectivity index (χ2v) is 13.2. The molecule has 0 unspecified atom stereocenters. The van der Waals surface area contributed by atoms with E-state index in [9.17, 15) is 0 Å². The van der Waals surface area contributed by atoms with Crippen molar-refractivity contribution in [2.45, 2.75) is 13.8 Å². The first-order valence-electron chi connectivity index (χ1n) is 16.8. The summed E-state index contributed by atoms with van der Waals surface area (Å²) in [6.07, 6.45) is 0. The van der Waals surface area contributed by atoms with Crippen LogP contribution in [-0.2, 0) is 0 Å². The average Bonchev–Trinajstić information content (AvgIpc) is 3.64. The van der Waals surface area contributed by atoms with Crippen molar-refractivity contribution in [2.75, 3.05) is 5.32 Å². The van der Waals surface area contributed by atoms with E-state index in [4.69, 9.17) is 0 Å². The summed E-state index contributed by atoms with van der Waals surface area (Å²) in [5, 5.41) is 9.06. The quantitative estimate of drug-likeness (QED) is 0.196. The highest BCUT2D eigenvalue weighted by atomic mass is 15.0. The van der Waals surface area contributed by atoms with Gasteiger partial charge in [-0.1, -0.05) is 109 Å². The van der Waals surface area contributed by atoms with Gasteiger partial charge in [-0.05, 0) is 78.5 Å². The molecule has 1 aliphatic heterocycles. The van der Waals surface area contributed by atoms with Crippen LogP contribution in [0.4, 0.5) is 11.4 Å². The number of rotatable bonds is 4. The van der Waals surface area contributed by atoms with E-state index in [1.807, 2.05) is 0 Å². The molecule has 3 heterocycles. The molecule has 4 heteroatoms. The summed E-state index contributed by atoms with van der Waals surface area (Å²) in [6, 6.07) is 53.3. The number of hydrogen-bond acceptors (Lipinski definition) is 1. The molecule has 1 aliphatic rings. The number of anilines is 2. The van der Waals surface area contributed by atoms with Gasteiger partial charge < -0.3 is 14.5 Å². The molecule has 0 aliphatic carbocycles. The van der Waals surface area contributed by atoms with Gasteiger partial charge in [-0.25, -0.2) is 0 Å². The molecule has 10 rings (SSSR count). The lowest BCUT2D eigenvalue weighted by Crippen LogP contribution is -2.37. The summed E-state index contributed by atoms with van der Waals surface area (Å²) in [7, 11) is 0.865. The van der Waals surface area contributed by atoms with Crippen molar-refractivity contribution in [1.82, 2.24) is 9.13 Å². The molecule has 226 valence electrons. The van der Waals surface area contributed by atoms with Crippen LogP contribution in [0.3, 0.4) is 0 Å². The van der Waals surface area contributed by atoms with Crippen molar-refractivity contribution in [3.63, 3.8) is 0 Å². The normalized spacial score (nSPS) is 12.1. The van der Waals surface area contributed by atoms with Crippen molar-refractivity contribution in [3.8, 4) is 22.5 Å². The molecule has 0 radical (unpaired) electrons. The molecule has 0 saturated carbocycles. The summed E-state index contributed by atoms with van der Waals surface area (Å²) in [5.74, 6) is 0. The third kappa shape index (κ3) is 3.83. The van der Waals surface area contributed by atoms with Crippen LogP contribution in [-0.4, -0.2) is 16.4 Å². The number of aromatic nitrogens is 2. The first kappa shape index (κ1) is 27.1. The fraction of sp³-hybridized carbons (Fsp3) is 0.0455. The number of aryl methyl sites for hydroxylation is 2. The van der Waals surface area contributed by atoms with Gasteiger partial charge >= 0.3 is 0 Å². The topological polar surface area (TPSA) is 21.9 Å². The Balaban J connectivity index is 1.37. The number of nitrogens with zero attached hydrogens (tertiary/aromatic N) is 2. The van der Waals surface area contributed by atoms with Gasteiger partial charge in [0, 0.05) is 55.4 Å². The maximum Gasteiger partial charge on any atom is 0.198 e. The minimum absolute atomic E-state index is 0.865.